The first-order chi connectivity index (χ1) is 10.2. The zero-order valence-electron chi connectivity index (χ0n) is 11.9. The lowest BCUT2D eigenvalue weighted by Gasteiger charge is -2.21. The van der Waals surface area contributed by atoms with Crippen molar-refractivity contribution < 1.29 is 9.26 Å². The zero-order chi connectivity index (χ0) is 14.7. The normalized spacial score (nSPS) is 16.3. The van der Waals surface area contributed by atoms with Crippen molar-refractivity contribution in [2.24, 2.45) is 0 Å². The first kappa shape index (κ1) is 14.7. The van der Waals surface area contributed by atoms with Gasteiger partial charge in [-0.1, -0.05) is 21.1 Å². The van der Waals surface area contributed by atoms with Gasteiger partial charge in [-0.15, -0.1) is 0 Å². The van der Waals surface area contributed by atoms with Crippen LogP contribution < -0.4 is 5.32 Å². The molecule has 6 heteroatoms. The van der Waals surface area contributed by atoms with Crippen molar-refractivity contribution in [3.05, 3.63) is 34.1 Å². The van der Waals surface area contributed by atoms with E-state index in [0.29, 0.717) is 18.3 Å². The molecule has 0 spiro atoms. The minimum atomic E-state index is 0.288. The molecule has 0 aliphatic carbocycles. The number of benzene rings is 1. The molecule has 1 aromatic carbocycles. The number of halogens is 1. The van der Waals surface area contributed by atoms with Crippen LogP contribution in [0.2, 0.25) is 0 Å². The van der Waals surface area contributed by atoms with Crippen LogP contribution in [0, 0.1) is 6.92 Å². The van der Waals surface area contributed by atoms with E-state index in [0.717, 1.165) is 41.5 Å². The molecule has 0 bridgehead atoms. The van der Waals surface area contributed by atoms with Crippen molar-refractivity contribution in [3.63, 3.8) is 0 Å². The first-order valence-electron chi connectivity index (χ1n) is 7.14. The lowest BCUT2D eigenvalue weighted by atomic mass is 10.1. The molecule has 0 amide bonds. The maximum Gasteiger partial charge on any atom is 0.252 e. The maximum absolute atomic E-state index is 5.82. The number of hydrogen-bond acceptors (Lipinski definition) is 5. The average molecular weight is 352 g/mol. The highest BCUT2D eigenvalue weighted by Gasteiger charge is 2.16. The van der Waals surface area contributed by atoms with E-state index >= 15 is 0 Å². The van der Waals surface area contributed by atoms with Crippen LogP contribution in [-0.2, 0) is 11.3 Å². The Morgan fingerprint density at radius 3 is 2.95 bits per heavy atom. The van der Waals surface area contributed by atoms with Gasteiger partial charge in [-0.25, -0.2) is 0 Å². The molecular formula is C15H18BrN3O2. The predicted octanol–water partition coefficient (Wildman–Crippen LogP) is 3.08. The standard InChI is InChI=1S/C15H18BrN3O2/c1-10-8-11(16)2-3-13(10)15-18-14(21-19-15)9-20-12-4-6-17-7-5-12/h2-3,8,12,17H,4-7,9H2,1H3. The molecule has 1 aliphatic rings. The topological polar surface area (TPSA) is 60.2 Å². The molecule has 1 saturated heterocycles. The summed E-state index contributed by atoms with van der Waals surface area (Å²) >= 11 is 3.45. The molecule has 112 valence electrons. The molecule has 1 aliphatic heterocycles. The van der Waals surface area contributed by atoms with E-state index in [9.17, 15) is 0 Å². The van der Waals surface area contributed by atoms with Gasteiger partial charge in [0.2, 0.25) is 5.82 Å². The minimum Gasteiger partial charge on any atom is -0.368 e. The van der Waals surface area contributed by atoms with Crippen LogP contribution in [0.5, 0.6) is 0 Å². The number of nitrogens with zero attached hydrogens (tertiary/aromatic N) is 2. The number of aryl methyl sites for hydroxylation is 1. The van der Waals surface area contributed by atoms with Crippen molar-refractivity contribution in [2.75, 3.05) is 13.1 Å². The average Bonchev–Trinajstić information content (AvgIpc) is 2.95. The molecule has 1 fully saturated rings. The van der Waals surface area contributed by atoms with Crippen molar-refractivity contribution >= 4 is 15.9 Å². The summed E-state index contributed by atoms with van der Waals surface area (Å²) in [4.78, 5) is 4.42. The second-order valence-electron chi connectivity index (χ2n) is 5.23. The quantitative estimate of drug-likeness (QED) is 0.916. The summed E-state index contributed by atoms with van der Waals surface area (Å²) in [6, 6.07) is 6.00. The number of rotatable bonds is 4. The van der Waals surface area contributed by atoms with Gasteiger partial charge in [0.25, 0.3) is 5.89 Å². The summed E-state index contributed by atoms with van der Waals surface area (Å²) in [5, 5.41) is 7.36. The molecule has 5 nitrogen and oxygen atoms in total. The van der Waals surface area contributed by atoms with Crippen LogP contribution in [0.3, 0.4) is 0 Å². The minimum absolute atomic E-state index is 0.288. The van der Waals surface area contributed by atoms with Gasteiger partial charge in [-0.3, -0.25) is 0 Å². The third-order valence-electron chi connectivity index (χ3n) is 3.63. The maximum atomic E-state index is 5.82. The highest BCUT2D eigenvalue weighted by molar-refractivity contribution is 9.10. The highest BCUT2D eigenvalue weighted by Crippen LogP contribution is 2.24. The van der Waals surface area contributed by atoms with E-state index in [1.165, 1.54) is 0 Å². The predicted molar refractivity (Wildman–Crippen MR) is 82.9 cm³/mol. The second-order valence-corrected chi connectivity index (χ2v) is 6.15. The molecule has 2 heterocycles. The smallest absolute Gasteiger partial charge is 0.252 e. The van der Waals surface area contributed by atoms with E-state index in [-0.39, 0.29) is 6.10 Å². The van der Waals surface area contributed by atoms with E-state index in [1.807, 2.05) is 25.1 Å². The number of ether oxygens (including phenoxy) is 1. The van der Waals surface area contributed by atoms with Gasteiger partial charge in [0, 0.05) is 10.0 Å². The Hall–Kier alpha value is -1.24. The first-order valence-corrected chi connectivity index (χ1v) is 7.93. The molecule has 2 aromatic rings. The molecule has 3 rings (SSSR count). The van der Waals surface area contributed by atoms with Crippen LogP contribution in [0.1, 0.15) is 24.3 Å². The monoisotopic (exact) mass is 351 g/mol. The molecule has 0 atom stereocenters. The molecule has 1 aromatic heterocycles. The number of nitrogens with one attached hydrogen (secondary N) is 1. The second kappa shape index (κ2) is 6.68. The Kier molecular flexibility index (Phi) is 4.67. The number of piperidine rings is 1. The fourth-order valence-corrected chi connectivity index (χ4v) is 2.93. The van der Waals surface area contributed by atoms with Gasteiger partial charge >= 0.3 is 0 Å². The van der Waals surface area contributed by atoms with Gasteiger partial charge in [-0.2, -0.15) is 4.98 Å². The largest absolute Gasteiger partial charge is 0.368 e. The van der Waals surface area contributed by atoms with Crippen molar-refractivity contribution in [1.82, 2.24) is 15.5 Å². The zero-order valence-corrected chi connectivity index (χ0v) is 13.5. The fraction of sp³-hybridized carbons (Fsp3) is 0.467. The van der Waals surface area contributed by atoms with E-state index in [2.05, 4.69) is 31.4 Å². The summed E-state index contributed by atoms with van der Waals surface area (Å²) in [5.41, 5.74) is 2.09. The van der Waals surface area contributed by atoms with E-state index in [1.54, 1.807) is 0 Å². The Morgan fingerprint density at radius 1 is 1.38 bits per heavy atom. The molecule has 0 saturated carbocycles. The summed E-state index contributed by atoms with van der Waals surface area (Å²) in [5.74, 6) is 1.15. The highest BCUT2D eigenvalue weighted by atomic mass is 79.9. The van der Waals surface area contributed by atoms with Crippen LogP contribution in [0.25, 0.3) is 11.4 Å². The van der Waals surface area contributed by atoms with Crippen LogP contribution in [0.4, 0.5) is 0 Å². The van der Waals surface area contributed by atoms with E-state index in [4.69, 9.17) is 9.26 Å². The molecule has 21 heavy (non-hydrogen) atoms. The molecule has 0 unspecified atom stereocenters. The van der Waals surface area contributed by atoms with Gasteiger partial charge in [0.1, 0.15) is 6.61 Å². The molecule has 0 radical (unpaired) electrons. The third kappa shape index (κ3) is 3.70. The summed E-state index contributed by atoms with van der Waals surface area (Å²) in [7, 11) is 0. The van der Waals surface area contributed by atoms with Crippen molar-refractivity contribution in [1.29, 1.82) is 0 Å². The van der Waals surface area contributed by atoms with Gasteiger partial charge in [0.05, 0.1) is 6.10 Å². The molecular weight excluding hydrogens is 334 g/mol. The fourth-order valence-electron chi connectivity index (χ4n) is 2.45. The van der Waals surface area contributed by atoms with E-state index < -0.39 is 0 Å². The summed E-state index contributed by atoms with van der Waals surface area (Å²) in [6.45, 7) is 4.44. The lowest BCUT2D eigenvalue weighted by Crippen LogP contribution is -2.32. The van der Waals surface area contributed by atoms with Crippen molar-refractivity contribution in [2.45, 2.75) is 32.5 Å². The Labute approximate surface area is 132 Å². The SMILES string of the molecule is Cc1cc(Br)ccc1-c1noc(COC2CCNCC2)n1. The van der Waals surface area contributed by atoms with Gasteiger partial charge < -0.3 is 14.6 Å². The molecule has 1 N–H and O–H groups in total. The number of aromatic nitrogens is 2. The summed E-state index contributed by atoms with van der Waals surface area (Å²) < 4.78 is 12.1. The third-order valence-corrected chi connectivity index (χ3v) is 4.12. The van der Waals surface area contributed by atoms with Crippen LogP contribution in [0.15, 0.2) is 27.2 Å². The Balaban J connectivity index is 1.65. The van der Waals surface area contributed by atoms with Crippen LogP contribution in [-0.4, -0.2) is 29.3 Å². The number of hydrogen-bond donors (Lipinski definition) is 1. The van der Waals surface area contributed by atoms with Crippen molar-refractivity contribution in [3.8, 4) is 11.4 Å². The van der Waals surface area contributed by atoms with Gasteiger partial charge in [0.15, 0.2) is 0 Å². The summed E-state index contributed by atoms with van der Waals surface area (Å²) in [6.07, 6.45) is 2.36. The Morgan fingerprint density at radius 2 is 2.19 bits per heavy atom. The van der Waals surface area contributed by atoms with Crippen LogP contribution >= 0.6 is 15.9 Å². The Bertz CT molecular complexity index is 609. The lowest BCUT2D eigenvalue weighted by molar-refractivity contribution is 0.00859. The van der Waals surface area contributed by atoms with Gasteiger partial charge in [-0.05, 0) is 56.6 Å².